The van der Waals surface area contributed by atoms with Crippen LogP contribution in [-0.4, -0.2) is 27.7 Å². The van der Waals surface area contributed by atoms with Gasteiger partial charge in [-0.1, -0.05) is 17.3 Å². The van der Waals surface area contributed by atoms with Gasteiger partial charge in [-0.15, -0.1) is 0 Å². The third-order valence-corrected chi connectivity index (χ3v) is 4.40. The van der Waals surface area contributed by atoms with Crippen LogP contribution in [0.15, 0.2) is 33.7 Å². The molecule has 6 nitrogen and oxygen atoms in total. The second kappa shape index (κ2) is 5.16. The van der Waals surface area contributed by atoms with Crippen molar-refractivity contribution in [3.8, 4) is 0 Å². The van der Waals surface area contributed by atoms with Gasteiger partial charge in [0, 0.05) is 19.7 Å². The molecule has 0 unspecified atom stereocenters. The van der Waals surface area contributed by atoms with Crippen LogP contribution in [0.25, 0.3) is 0 Å². The lowest BCUT2D eigenvalue weighted by atomic mass is 10.3. The molecule has 0 aliphatic heterocycles. The average molecular weight is 295 g/mol. The molecule has 0 radical (unpaired) electrons. The monoisotopic (exact) mass is 295 g/mol. The third kappa shape index (κ3) is 2.62. The van der Waals surface area contributed by atoms with E-state index in [9.17, 15) is 8.42 Å². The summed E-state index contributed by atoms with van der Waals surface area (Å²) >= 11 is 0. The molecule has 2 rings (SSSR count). The van der Waals surface area contributed by atoms with Gasteiger partial charge < -0.3 is 9.42 Å². The Hall–Kier alpha value is -2.02. The standard InChI is InChI=1S/C13H17N3O3S/c1-9-10(2)14-19-13(9)15-20(17,18)12-8-6-5-7-11(12)16(3)4/h5-8,15H,1-4H3. The van der Waals surface area contributed by atoms with E-state index in [0.29, 0.717) is 16.9 Å². The summed E-state index contributed by atoms with van der Waals surface area (Å²) < 4.78 is 32.4. The molecule has 1 aromatic carbocycles. The molecular weight excluding hydrogens is 278 g/mol. The normalized spacial score (nSPS) is 11.4. The Morgan fingerprint density at radius 3 is 2.40 bits per heavy atom. The highest BCUT2D eigenvalue weighted by molar-refractivity contribution is 7.92. The van der Waals surface area contributed by atoms with Gasteiger partial charge >= 0.3 is 0 Å². The predicted octanol–water partition coefficient (Wildman–Crippen LogP) is 2.16. The minimum absolute atomic E-state index is 0.149. The van der Waals surface area contributed by atoms with E-state index in [2.05, 4.69) is 9.88 Å². The van der Waals surface area contributed by atoms with Crippen LogP contribution >= 0.6 is 0 Å². The van der Waals surface area contributed by atoms with Gasteiger partial charge in [0.05, 0.1) is 11.4 Å². The number of hydrogen-bond acceptors (Lipinski definition) is 5. The Kier molecular flexibility index (Phi) is 3.71. The van der Waals surface area contributed by atoms with Gasteiger partial charge in [0.25, 0.3) is 10.0 Å². The lowest BCUT2D eigenvalue weighted by Crippen LogP contribution is -2.18. The van der Waals surface area contributed by atoms with Crippen molar-refractivity contribution in [2.24, 2.45) is 0 Å². The van der Waals surface area contributed by atoms with E-state index in [4.69, 9.17) is 4.52 Å². The smallest absolute Gasteiger partial charge is 0.266 e. The number of nitrogens with zero attached hydrogens (tertiary/aromatic N) is 2. The fourth-order valence-electron chi connectivity index (χ4n) is 1.74. The number of rotatable bonds is 4. The van der Waals surface area contributed by atoms with Gasteiger partial charge in [0.15, 0.2) is 0 Å². The molecule has 2 aromatic rings. The van der Waals surface area contributed by atoms with E-state index in [1.54, 1.807) is 57.1 Å². The summed E-state index contributed by atoms with van der Waals surface area (Å²) in [5, 5.41) is 3.74. The zero-order valence-electron chi connectivity index (χ0n) is 11.8. The molecule has 0 fully saturated rings. The molecule has 108 valence electrons. The van der Waals surface area contributed by atoms with Crippen LogP contribution in [0.5, 0.6) is 0 Å². The number of hydrogen-bond donors (Lipinski definition) is 1. The molecule has 1 aromatic heterocycles. The zero-order valence-corrected chi connectivity index (χ0v) is 12.7. The maximum atomic E-state index is 12.5. The number of aryl methyl sites for hydroxylation is 1. The van der Waals surface area contributed by atoms with Crippen molar-refractivity contribution >= 4 is 21.6 Å². The summed E-state index contributed by atoms with van der Waals surface area (Å²) in [6.07, 6.45) is 0. The second-order valence-corrected chi connectivity index (χ2v) is 6.34. The molecule has 0 amide bonds. The minimum atomic E-state index is -3.72. The molecule has 0 aliphatic rings. The summed E-state index contributed by atoms with van der Waals surface area (Å²) in [7, 11) is -0.144. The molecule has 0 aliphatic carbocycles. The number of sulfonamides is 1. The van der Waals surface area contributed by atoms with E-state index in [1.807, 2.05) is 0 Å². The quantitative estimate of drug-likeness (QED) is 0.935. The van der Waals surface area contributed by atoms with Gasteiger partial charge in [-0.05, 0) is 26.0 Å². The summed E-state index contributed by atoms with van der Waals surface area (Å²) in [6.45, 7) is 3.51. The lowest BCUT2D eigenvalue weighted by Gasteiger charge is -2.17. The van der Waals surface area contributed by atoms with Crippen LogP contribution < -0.4 is 9.62 Å². The SMILES string of the molecule is Cc1noc(NS(=O)(=O)c2ccccc2N(C)C)c1C. The van der Waals surface area contributed by atoms with Crippen LogP contribution in [0.1, 0.15) is 11.3 Å². The highest BCUT2D eigenvalue weighted by Crippen LogP contribution is 2.27. The first-order chi connectivity index (χ1) is 9.33. The molecular formula is C13H17N3O3S. The minimum Gasteiger partial charge on any atom is -0.377 e. The first-order valence-corrected chi connectivity index (χ1v) is 7.53. The summed E-state index contributed by atoms with van der Waals surface area (Å²) in [4.78, 5) is 1.94. The largest absolute Gasteiger partial charge is 0.377 e. The topological polar surface area (TPSA) is 75.4 Å². The summed E-state index contributed by atoms with van der Waals surface area (Å²) in [6, 6.07) is 6.77. The fourth-order valence-corrected chi connectivity index (χ4v) is 3.07. The maximum Gasteiger partial charge on any atom is 0.266 e. The molecule has 1 N–H and O–H groups in total. The zero-order chi connectivity index (χ0) is 14.9. The van der Waals surface area contributed by atoms with Gasteiger partial charge in [0.2, 0.25) is 5.88 Å². The highest BCUT2D eigenvalue weighted by Gasteiger charge is 2.22. The Balaban J connectivity index is 2.44. The molecule has 0 atom stereocenters. The Bertz CT molecular complexity index is 720. The van der Waals surface area contributed by atoms with Crippen molar-refractivity contribution in [2.75, 3.05) is 23.7 Å². The molecule has 0 bridgehead atoms. The number of nitrogens with one attached hydrogen (secondary N) is 1. The van der Waals surface area contributed by atoms with Gasteiger partial charge in [-0.3, -0.25) is 0 Å². The molecule has 7 heteroatoms. The van der Waals surface area contributed by atoms with E-state index in [1.165, 1.54) is 0 Å². The van der Waals surface area contributed by atoms with Gasteiger partial charge in [-0.25, -0.2) is 13.1 Å². The first kappa shape index (κ1) is 14.4. The molecule has 20 heavy (non-hydrogen) atoms. The van der Waals surface area contributed by atoms with E-state index in [0.717, 1.165) is 0 Å². The summed E-state index contributed by atoms with van der Waals surface area (Å²) in [5.74, 6) is 0.149. The average Bonchev–Trinajstić information content (AvgIpc) is 2.70. The van der Waals surface area contributed by atoms with Crippen molar-refractivity contribution in [3.63, 3.8) is 0 Å². The Morgan fingerprint density at radius 2 is 1.85 bits per heavy atom. The molecule has 0 spiro atoms. The first-order valence-electron chi connectivity index (χ1n) is 6.05. The summed E-state index contributed by atoms with van der Waals surface area (Å²) in [5.41, 5.74) is 1.94. The number of benzene rings is 1. The lowest BCUT2D eigenvalue weighted by molar-refractivity contribution is 0.430. The van der Waals surface area contributed by atoms with Gasteiger partial charge in [-0.2, -0.15) is 0 Å². The number of anilines is 2. The van der Waals surface area contributed by atoms with E-state index >= 15 is 0 Å². The fraction of sp³-hybridized carbons (Fsp3) is 0.308. The van der Waals surface area contributed by atoms with Crippen molar-refractivity contribution in [1.82, 2.24) is 5.16 Å². The van der Waals surface area contributed by atoms with E-state index < -0.39 is 10.0 Å². The van der Waals surface area contributed by atoms with Crippen molar-refractivity contribution in [2.45, 2.75) is 18.7 Å². The van der Waals surface area contributed by atoms with Gasteiger partial charge in [0.1, 0.15) is 4.90 Å². The Labute approximate surface area is 118 Å². The van der Waals surface area contributed by atoms with E-state index in [-0.39, 0.29) is 10.8 Å². The van der Waals surface area contributed by atoms with Crippen molar-refractivity contribution in [3.05, 3.63) is 35.5 Å². The number of para-hydroxylation sites is 1. The van der Waals surface area contributed by atoms with Crippen molar-refractivity contribution < 1.29 is 12.9 Å². The molecule has 0 saturated carbocycles. The maximum absolute atomic E-state index is 12.5. The van der Waals surface area contributed by atoms with Crippen LogP contribution in [0, 0.1) is 13.8 Å². The van der Waals surface area contributed by atoms with Crippen LogP contribution in [0.2, 0.25) is 0 Å². The Morgan fingerprint density at radius 1 is 1.20 bits per heavy atom. The highest BCUT2D eigenvalue weighted by atomic mass is 32.2. The number of aromatic nitrogens is 1. The molecule has 0 saturated heterocycles. The van der Waals surface area contributed by atoms with Crippen LogP contribution in [-0.2, 0) is 10.0 Å². The van der Waals surface area contributed by atoms with Crippen LogP contribution in [0.4, 0.5) is 11.6 Å². The third-order valence-electron chi connectivity index (χ3n) is 3.02. The second-order valence-electron chi connectivity index (χ2n) is 4.69. The molecule has 1 heterocycles. The van der Waals surface area contributed by atoms with Crippen molar-refractivity contribution in [1.29, 1.82) is 0 Å². The predicted molar refractivity (Wildman–Crippen MR) is 77.6 cm³/mol. The van der Waals surface area contributed by atoms with Crippen LogP contribution in [0.3, 0.4) is 0 Å².